The Morgan fingerprint density at radius 1 is 0.976 bits per heavy atom. The van der Waals surface area contributed by atoms with Gasteiger partial charge in [0.2, 0.25) is 12.7 Å². The first-order chi connectivity index (χ1) is 20.4. The Morgan fingerprint density at radius 2 is 1.79 bits per heavy atom. The van der Waals surface area contributed by atoms with Gasteiger partial charge in [-0.05, 0) is 60.9 Å². The minimum atomic E-state index is -0.635. The smallest absolute Gasteiger partial charge is 0.258 e. The highest BCUT2D eigenvalue weighted by atomic mass is 19.1. The van der Waals surface area contributed by atoms with Gasteiger partial charge in [0.25, 0.3) is 11.8 Å². The predicted molar refractivity (Wildman–Crippen MR) is 149 cm³/mol. The molecule has 3 atom stereocenters. The van der Waals surface area contributed by atoms with E-state index >= 15 is 0 Å². The van der Waals surface area contributed by atoms with Crippen molar-refractivity contribution < 1.29 is 37.7 Å². The molecule has 0 aliphatic carbocycles. The molecule has 3 aromatic carbocycles. The summed E-state index contributed by atoms with van der Waals surface area (Å²) in [6.45, 7) is 0.734. The molecule has 3 aliphatic rings. The van der Waals surface area contributed by atoms with Gasteiger partial charge in [0.05, 0.1) is 29.7 Å². The van der Waals surface area contributed by atoms with Gasteiger partial charge >= 0.3 is 0 Å². The first-order valence-electron chi connectivity index (χ1n) is 13.8. The summed E-state index contributed by atoms with van der Waals surface area (Å²) >= 11 is 0. The van der Waals surface area contributed by atoms with Gasteiger partial charge in [-0.25, -0.2) is 4.39 Å². The molecule has 3 heterocycles. The molecule has 2 N–H and O–H groups in total. The molecule has 1 fully saturated rings. The Hall–Kier alpha value is -4.64. The largest absolute Gasteiger partial charge is 0.490 e. The van der Waals surface area contributed by atoms with Gasteiger partial charge in [-0.3, -0.25) is 14.4 Å². The lowest BCUT2D eigenvalue weighted by Crippen LogP contribution is -2.53. The maximum absolute atomic E-state index is 14.0. The van der Waals surface area contributed by atoms with Crippen molar-refractivity contribution in [2.24, 2.45) is 0 Å². The van der Waals surface area contributed by atoms with Gasteiger partial charge in [-0.2, -0.15) is 0 Å². The highest BCUT2D eigenvalue weighted by Gasteiger charge is 2.39. The molecule has 3 amide bonds. The zero-order valence-electron chi connectivity index (χ0n) is 22.9. The fourth-order valence-electron chi connectivity index (χ4n) is 5.48. The van der Waals surface area contributed by atoms with Crippen LogP contribution in [0.2, 0.25) is 0 Å². The van der Waals surface area contributed by atoms with Gasteiger partial charge in [0.1, 0.15) is 24.3 Å². The van der Waals surface area contributed by atoms with Gasteiger partial charge in [0.15, 0.2) is 11.5 Å². The number of anilines is 1. The molecular formula is C31H30FN3O7. The zero-order chi connectivity index (χ0) is 29.2. The minimum Gasteiger partial charge on any atom is -0.490 e. The van der Waals surface area contributed by atoms with Crippen LogP contribution in [-0.4, -0.2) is 61.3 Å². The highest BCUT2D eigenvalue weighted by Crippen LogP contribution is 2.34. The summed E-state index contributed by atoms with van der Waals surface area (Å²) < 4.78 is 37.0. The van der Waals surface area contributed by atoms with Crippen molar-refractivity contribution in [2.45, 2.75) is 44.1 Å². The summed E-state index contributed by atoms with van der Waals surface area (Å²) in [5.41, 5.74) is 1.44. The number of nitrogens with zero attached hydrogens (tertiary/aromatic N) is 1. The third kappa shape index (κ3) is 5.73. The number of hydrogen-bond donors (Lipinski definition) is 2. The van der Waals surface area contributed by atoms with E-state index in [4.69, 9.17) is 18.9 Å². The molecular weight excluding hydrogens is 545 g/mol. The van der Waals surface area contributed by atoms with Gasteiger partial charge in [-0.15, -0.1) is 0 Å². The van der Waals surface area contributed by atoms with Crippen molar-refractivity contribution >= 4 is 23.4 Å². The summed E-state index contributed by atoms with van der Waals surface area (Å²) in [6, 6.07) is 15.7. The molecule has 11 heteroatoms. The Labute approximate surface area is 241 Å². The van der Waals surface area contributed by atoms with Crippen molar-refractivity contribution in [2.75, 3.05) is 25.8 Å². The molecule has 3 aromatic rings. The second-order valence-electron chi connectivity index (χ2n) is 10.5. The average Bonchev–Trinajstić information content (AvgIpc) is 3.46. The van der Waals surface area contributed by atoms with Crippen molar-refractivity contribution in [3.8, 4) is 17.2 Å². The number of halogens is 1. The maximum atomic E-state index is 14.0. The molecule has 0 saturated carbocycles. The third-order valence-corrected chi connectivity index (χ3v) is 7.73. The van der Waals surface area contributed by atoms with Crippen LogP contribution >= 0.6 is 0 Å². The Kier molecular flexibility index (Phi) is 7.66. The molecule has 6 rings (SSSR count). The van der Waals surface area contributed by atoms with Crippen molar-refractivity contribution in [3.63, 3.8) is 0 Å². The molecule has 0 spiro atoms. The minimum absolute atomic E-state index is 0.0951. The van der Waals surface area contributed by atoms with E-state index in [1.807, 2.05) is 18.2 Å². The molecule has 3 aliphatic heterocycles. The van der Waals surface area contributed by atoms with Gasteiger partial charge in [-0.1, -0.05) is 18.2 Å². The Bertz CT molecular complexity index is 1530. The number of hydrogen-bond acceptors (Lipinski definition) is 7. The molecule has 0 bridgehead atoms. The Balaban J connectivity index is 1.07. The lowest BCUT2D eigenvalue weighted by Gasteiger charge is -2.42. The van der Waals surface area contributed by atoms with Crippen molar-refractivity contribution in [3.05, 3.63) is 83.2 Å². The number of nitrogens with one attached hydrogen (secondary N) is 2. The molecule has 42 heavy (non-hydrogen) atoms. The fourth-order valence-corrected chi connectivity index (χ4v) is 5.48. The number of benzene rings is 3. The van der Waals surface area contributed by atoms with Crippen LogP contribution in [0.15, 0.2) is 60.7 Å². The van der Waals surface area contributed by atoms with E-state index in [1.165, 1.54) is 24.3 Å². The van der Waals surface area contributed by atoms with E-state index < -0.39 is 17.8 Å². The first-order valence-corrected chi connectivity index (χ1v) is 13.8. The number of likely N-dealkylation sites (N-methyl/N-ethyl adjacent to an activating group) is 1. The molecule has 0 radical (unpaired) electrons. The molecule has 0 aromatic heterocycles. The summed E-state index contributed by atoms with van der Waals surface area (Å²) in [5, 5.41) is 5.58. The summed E-state index contributed by atoms with van der Waals surface area (Å²) in [5.74, 6) is 0.0249. The molecule has 10 nitrogen and oxygen atoms in total. The zero-order valence-corrected chi connectivity index (χ0v) is 22.9. The van der Waals surface area contributed by atoms with Crippen LogP contribution in [0.3, 0.4) is 0 Å². The lowest BCUT2D eigenvalue weighted by atomic mass is 9.94. The van der Waals surface area contributed by atoms with Gasteiger partial charge in [0, 0.05) is 19.3 Å². The predicted octanol–water partition coefficient (Wildman–Crippen LogP) is 3.89. The number of carbonyl (C=O) groups is 3. The molecule has 1 saturated heterocycles. The van der Waals surface area contributed by atoms with Crippen LogP contribution in [-0.2, 0) is 16.1 Å². The number of ether oxygens (including phenoxy) is 4. The second-order valence-corrected chi connectivity index (χ2v) is 10.5. The van der Waals surface area contributed by atoms with E-state index in [0.717, 1.165) is 5.56 Å². The monoisotopic (exact) mass is 575 g/mol. The topological polar surface area (TPSA) is 115 Å². The van der Waals surface area contributed by atoms with Gasteiger partial charge < -0.3 is 34.5 Å². The van der Waals surface area contributed by atoms with E-state index in [9.17, 15) is 18.8 Å². The summed E-state index contributed by atoms with van der Waals surface area (Å²) in [4.78, 5) is 40.4. The van der Waals surface area contributed by atoms with Crippen LogP contribution in [0.5, 0.6) is 17.2 Å². The second kappa shape index (κ2) is 11.7. The molecule has 0 unspecified atom stereocenters. The lowest BCUT2D eigenvalue weighted by molar-refractivity contribution is -0.134. The molecule has 218 valence electrons. The van der Waals surface area contributed by atoms with Crippen molar-refractivity contribution in [1.29, 1.82) is 0 Å². The van der Waals surface area contributed by atoms with Crippen LogP contribution < -0.4 is 24.8 Å². The average molecular weight is 576 g/mol. The van der Waals surface area contributed by atoms with Crippen LogP contribution in [0.25, 0.3) is 0 Å². The number of fused-ring (bicyclic) bond motifs is 3. The number of amides is 3. The quantitative estimate of drug-likeness (QED) is 0.458. The maximum Gasteiger partial charge on any atom is 0.258 e. The van der Waals surface area contributed by atoms with Crippen LogP contribution in [0.1, 0.15) is 45.5 Å². The standard InChI is InChI=1S/C31H30FN3O7/c1-35-24-9-8-20(14-29(36)33-15-18-6-10-26-27(12-18)41-17-40-26)42-28(24)16-39-25-11-7-19(13-22(25)31(35)38)34-30(37)21-4-2-3-5-23(21)32/h2-7,10-13,20,24,28H,8-9,14-17H2,1H3,(H,33,36)(H,34,37)/t20-,24-,28-/m0/s1. The normalized spacial score (nSPS) is 20.9. The van der Waals surface area contributed by atoms with E-state index in [0.29, 0.717) is 42.3 Å². The first kappa shape index (κ1) is 27.5. The summed E-state index contributed by atoms with van der Waals surface area (Å²) in [7, 11) is 1.71. The van der Waals surface area contributed by atoms with E-state index in [1.54, 1.807) is 30.1 Å². The summed E-state index contributed by atoms with van der Waals surface area (Å²) in [6.07, 6.45) is 0.683. The highest BCUT2D eigenvalue weighted by molar-refractivity contribution is 6.05. The Morgan fingerprint density at radius 3 is 2.64 bits per heavy atom. The van der Waals surface area contributed by atoms with E-state index in [-0.39, 0.29) is 54.9 Å². The van der Waals surface area contributed by atoms with E-state index in [2.05, 4.69) is 10.6 Å². The number of rotatable bonds is 6. The third-order valence-electron chi connectivity index (χ3n) is 7.73. The van der Waals surface area contributed by atoms with Crippen LogP contribution in [0, 0.1) is 5.82 Å². The fraction of sp³-hybridized carbons (Fsp3) is 0.323. The van der Waals surface area contributed by atoms with Crippen LogP contribution in [0.4, 0.5) is 10.1 Å². The number of carbonyl (C=O) groups excluding carboxylic acids is 3. The van der Waals surface area contributed by atoms with Crippen molar-refractivity contribution in [1.82, 2.24) is 10.2 Å². The SMILES string of the molecule is CN1C(=O)c2cc(NC(=O)c3ccccc3F)ccc2OC[C@@H]2O[C@H](CC(=O)NCc3ccc4c(c3)OCO4)CC[C@@H]21.